The van der Waals surface area contributed by atoms with Crippen LogP contribution in [-0.2, 0) is 17.8 Å². The van der Waals surface area contributed by atoms with Gasteiger partial charge in [-0.05, 0) is 43.5 Å². The van der Waals surface area contributed by atoms with E-state index in [4.69, 9.17) is 14.5 Å². The smallest absolute Gasteiger partial charge is 0.225 e. The normalized spacial score (nSPS) is 11.5. The second-order valence-electron chi connectivity index (χ2n) is 9.34. The summed E-state index contributed by atoms with van der Waals surface area (Å²) in [5, 5.41) is 3.03. The summed E-state index contributed by atoms with van der Waals surface area (Å²) < 4.78 is 13.6. The summed E-state index contributed by atoms with van der Waals surface area (Å²) in [5.41, 5.74) is 1.87. The minimum Gasteiger partial charge on any atom is -0.493 e. The number of imidazole rings is 1. The van der Waals surface area contributed by atoms with Crippen molar-refractivity contribution in [1.82, 2.24) is 14.9 Å². The van der Waals surface area contributed by atoms with Gasteiger partial charge in [0.05, 0.1) is 24.8 Å². The summed E-state index contributed by atoms with van der Waals surface area (Å²) in [6.07, 6.45) is 4.89. The Morgan fingerprint density at radius 2 is 1.70 bits per heavy atom. The van der Waals surface area contributed by atoms with Crippen molar-refractivity contribution in [3.05, 3.63) is 54.4 Å². The standard InChI is InChI=1S/C27H37N3O3/c1-27(2,3)26(31)28-18-11-5-6-17-25-29-21-13-7-8-14-22(21)30(25)19-12-20-33-24-16-10-9-15-23(24)32-4/h7-10,13-16H,5-6,11-12,17-20H2,1-4H3,(H,28,31). The molecule has 33 heavy (non-hydrogen) atoms. The molecule has 3 rings (SSSR count). The Balaban J connectivity index is 1.51. The number of aryl methyl sites for hydroxylation is 2. The van der Waals surface area contributed by atoms with Crippen molar-refractivity contribution in [1.29, 1.82) is 0 Å². The van der Waals surface area contributed by atoms with Gasteiger partial charge in [-0.25, -0.2) is 4.98 Å². The number of fused-ring (bicyclic) bond motifs is 1. The highest BCUT2D eigenvalue weighted by molar-refractivity contribution is 5.81. The molecule has 6 nitrogen and oxygen atoms in total. The first kappa shape index (κ1) is 24.6. The van der Waals surface area contributed by atoms with E-state index in [1.54, 1.807) is 7.11 Å². The number of ether oxygens (including phenoxy) is 2. The third-order valence-corrected chi connectivity index (χ3v) is 5.63. The maximum absolute atomic E-state index is 12.0. The van der Waals surface area contributed by atoms with E-state index in [0.717, 1.165) is 68.0 Å². The van der Waals surface area contributed by atoms with Crippen LogP contribution in [-0.4, -0.2) is 35.7 Å². The number of benzene rings is 2. The third-order valence-electron chi connectivity index (χ3n) is 5.63. The number of carbonyl (C=O) groups excluding carboxylic acids is 1. The summed E-state index contributed by atoms with van der Waals surface area (Å²) >= 11 is 0. The molecule has 0 fully saturated rings. The third kappa shape index (κ3) is 6.98. The minimum atomic E-state index is -0.333. The number of unbranched alkanes of at least 4 members (excludes halogenated alkanes) is 2. The van der Waals surface area contributed by atoms with Crippen LogP contribution in [0.3, 0.4) is 0 Å². The number of amides is 1. The average Bonchev–Trinajstić information content (AvgIpc) is 3.15. The van der Waals surface area contributed by atoms with Gasteiger partial charge in [0.25, 0.3) is 0 Å². The molecule has 0 aliphatic carbocycles. The van der Waals surface area contributed by atoms with Crippen LogP contribution in [0.25, 0.3) is 11.0 Å². The first-order chi connectivity index (χ1) is 15.9. The first-order valence-corrected chi connectivity index (χ1v) is 11.9. The first-order valence-electron chi connectivity index (χ1n) is 11.9. The highest BCUT2D eigenvalue weighted by Gasteiger charge is 2.20. The molecule has 0 radical (unpaired) electrons. The van der Waals surface area contributed by atoms with Gasteiger partial charge < -0.3 is 19.4 Å². The lowest BCUT2D eigenvalue weighted by molar-refractivity contribution is -0.128. The molecule has 2 aromatic carbocycles. The van der Waals surface area contributed by atoms with Gasteiger partial charge in [0.15, 0.2) is 11.5 Å². The fraction of sp³-hybridized carbons (Fsp3) is 0.481. The number of hydrogen-bond donors (Lipinski definition) is 1. The number of aromatic nitrogens is 2. The van der Waals surface area contributed by atoms with E-state index in [0.29, 0.717) is 6.61 Å². The van der Waals surface area contributed by atoms with Gasteiger partial charge in [-0.2, -0.15) is 0 Å². The predicted molar refractivity (Wildman–Crippen MR) is 133 cm³/mol. The SMILES string of the molecule is COc1ccccc1OCCCn1c(CCCCCNC(=O)C(C)(C)C)nc2ccccc21. The Morgan fingerprint density at radius 3 is 2.45 bits per heavy atom. The molecular weight excluding hydrogens is 414 g/mol. The molecule has 1 amide bonds. The van der Waals surface area contributed by atoms with Crippen molar-refractivity contribution in [3.63, 3.8) is 0 Å². The number of nitrogens with one attached hydrogen (secondary N) is 1. The number of methoxy groups -OCH3 is 1. The maximum atomic E-state index is 12.0. The average molecular weight is 452 g/mol. The molecular formula is C27H37N3O3. The van der Waals surface area contributed by atoms with E-state index in [1.807, 2.05) is 51.1 Å². The zero-order valence-electron chi connectivity index (χ0n) is 20.4. The van der Waals surface area contributed by atoms with Gasteiger partial charge in [0.2, 0.25) is 5.91 Å². The van der Waals surface area contributed by atoms with E-state index < -0.39 is 0 Å². The molecule has 6 heteroatoms. The second-order valence-corrected chi connectivity index (χ2v) is 9.34. The van der Waals surface area contributed by atoms with Crippen LogP contribution in [0.5, 0.6) is 11.5 Å². The van der Waals surface area contributed by atoms with Crippen LogP contribution in [0, 0.1) is 5.41 Å². The molecule has 0 saturated carbocycles. The van der Waals surface area contributed by atoms with E-state index >= 15 is 0 Å². The number of nitrogens with zero attached hydrogens (tertiary/aromatic N) is 2. The molecule has 1 aromatic heterocycles. The van der Waals surface area contributed by atoms with Gasteiger partial charge in [-0.3, -0.25) is 4.79 Å². The Bertz CT molecular complexity index is 1040. The molecule has 0 unspecified atom stereocenters. The van der Waals surface area contributed by atoms with Crippen molar-refractivity contribution in [2.45, 2.75) is 59.4 Å². The van der Waals surface area contributed by atoms with Crippen molar-refractivity contribution in [2.75, 3.05) is 20.3 Å². The summed E-state index contributed by atoms with van der Waals surface area (Å²) in [5.74, 6) is 2.76. The number of para-hydroxylation sites is 4. The Hall–Kier alpha value is -3.02. The van der Waals surface area contributed by atoms with E-state index in [1.165, 1.54) is 5.52 Å². The molecule has 0 aliphatic heterocycles. The lowest BCUT2D eigenvalue weighted by Gasteiger charge is -2.17. The van der Waals surface area contributed by atoms with Crippen molar-refractivity contribution >= 4 is 16.9 Å². The monoisotopic (exact) mass is 451 g/mol. The van der Waals surface area contributed by atoms with E-state index in [9.17, 15) is 4.79 Å². The largest absolute Gasteiger partial charge is 0.493 e. The molecule has 178 valence electrons. The Labute approximate surface area is 197 Å². The highest BCUT2D eigenvalue weighted by atomic mass is 16.5. The van der Waals surface area contributed by atoms with Gasteiger partial charge in [-0.15, -0.1) is 0 Å². The molecule has 0 atom stereocenters. The van der Waals surface area contributed by atoms with Crippen molar-refractivity contribution in [2.24, 2.45) is 5.41 Å². The Kier molecular flexibility index (Phi) is 8.75. The summed E-state index contributed by atoms with van der Waals surface area (Å²) in [4.78, 5) is 16.9. The fourth-order valence-corrected chi connectivity index (χ4v) is 3.76. The molecule has 0 spiro atoms. The molecule has 0 bridgehead atoms. The van der Waals surface area contributed by atoms with Crippen LogP contribution in [0.2, 0.25) is 0 Å². The van der Waals surface area contributed by atoms with Crippen LogP contribution in [0.4, 0.5) is 0 Å². The van der Waals surface area contributed by atoms with Crippen LogP contribution < -0.4 is 14.8 Å². The van der Waals surface area contributed by atoms with Gasteiger partial charge in [0, 0.05) is 24.9 Å². The molecule has 1 N–H and O–H groups in total. The highest BCUT2D eigenvalue weighted by Crippen LogP contribution is 2.26. The lowest BCUT2D eigenvalue weighted by atomic mass is 9.96. The quantitative estimate of drug-likeness (QED) is 0.375. The van der Waals surface area contributed by atoms with E-state index in [2.05, 4.69) is 28.1 Å². The van der Waals surface area contributed by atoms with Crippen LogP contribution in [0.1, 0.15) is 52.3 Å². The zero-order chi connectivity index (χ0) is 23.7. The number of carbonyl (C=O) groups is 1. The Morgan fingerprint density at radius 1 is 0.970 bits per heavy atom. The van der Waals surface area contributed by atoms with Crippen molar-refractivity contribution in [3.8, 4) is 11.5 Å². The predicted octanol–water partition coefficient (Wildman–Crippen LogP) is 5.39. The van der Waals surface area contributed by atoms with Gasteiger partial charge in [0.1, 0.15) is 5.82 Å². The number of hydrogen-bond acceptors (Lipinski definition) is 4. The summed E-state index contributed by atoms with van der Waals surface area (Å²) in [7, 11) is 1.66. The zero-order valence-corrected chi connectivity index (χ0v) is 20.4. The van der Waals surface area contributed by atoms with Crippen LogP contribution >= 0.6 is 0 Å². The molecule has 1 heterocycles. The topological polar surface area (TPSA) is 65.4 Å². The fourth-order valence-electron chi connectivity index (χ4n) is 3.76. The minimum absolute atomic E-state index is 0.111. The molecule has 3 aromatic rings. The lowest BCUT2D eigenvalue weighted by Crippen LogP contribution is -2.35. The van der Waals surface area contributed by atoms with Crippen molar-refractivity contribution < 1.29 is 14.3 Å². The summed E-state index contributed by atoms with van der Waals surface area (Å²) in [6.45, 7) is 8.01. The number of rotatable bonds is 12. The molecule has 0 aliphatic rings. The van der Waals surface area contributed by atoms with Gasteiger partial charge in [-0.1, -0.05) is 51.5 Å². The maximum Gasteiger partial charge on any atom is 0.225 e. The molecule has 0 saturated heterocycles. The van der Waals surface area contributed by atoms with Gasteiger partial charge >= 0.3 is 0 Å². The van der Waals surface area contributed by atoms with Crippen LogP contribution in [0.15, 0.2) is 48.5 Å². The summed E-state index contributed by atoms with van der Waals surface area (Å²) in [6, 6.07) is 16.0. The van der Waals surface area contributed by atoms with E-state index in [-0.39, 0.29) is 11.3 Å². The second kappa shape index (κ2) is 11.7.